The number of sulfonamides is 1. The first kappa shape index (κ1) is 28.8. The van der Waals surface area contributed by atoms with Crippen LogP contribution in [0.4, 0.5) is 4.39 Å². The highest BCUT2D eigenvalue weighted by Crippen LogP contribution is 2.37. The van der Waals surface area contributed by atoms with Gasteiger partial charge in [0.1, 0.15) is 0 Å². The molecule has 0 saturated carbocycles. The molecule has 0 bridgehead atoms. The molecule has 1 amide bonds. The van der Waals surface area contributed by atoms with Crippen molar-refractivity contribution in [2.45, 2.75) is 42.8 Å². The lowest BCUT2D eigenvalue weighted by Crippen LogP contribution is -2.53. The van der Waals surface area contributed by atoms with Gasteiger partial charge in [-0.15, -0.1) is 0 Å². The number of amides is 1. The van der Waals surface area contributed by atoms with E-state index < -0.39 is 37.5 Å². The van der Waals surface area contributed by atoms with Crippen molar-refractivity contribution in [3.05, 3.63) is 63.4 Å². The molecule has 0 spiro atoms. The lowest BCUT2D eigenvalue weighted by molar-refractivity contribution is -0.135. The highest BCUT2D eigenvalue weighted by atomic mass is 79.9. The average molecular weight is 622 g/mol. The topological polar surface area (TPSA) is 101 Å². The fourth-order valence-electron chi connectivity index (χ4n) is 3.89. The first-order valence-corrected chi connectivity index (χ1v) is 15.8. The molecule has 0 aliphatic carbocycles. The van der Waals surface area contributed by atoms with Crippen molar-refractivity contribution in [3.63, 3.8) is 0 Å². The molecular weight excluding hydrogens is 595 g/mol. The van der Waals surface area contributed by atoms with Crippen LogP contribution in [0.15, 0.2) is 63.3 Å². The molecule has 1 saturated heterocycles. The average Bonchev–Trinajstić information content (AvgIpc) is 2.81. The molecule has 36 heavy (non-hydrogen) atoms. The Morgan fingerprint density at radius 3 is 2.39 bits per heavy atom. The normalized spacial score (nSPS) is 17.7. The Morgan fingerprint density at radius 2 is 1.81 bits per heavy atom. The van der Waals surface area contributed by atoms with Crippen LogP contribution in [0, 0.1) is 0 Å². The summed E-state index contributed by atoms with van der Waals surface area (Å²) in [4.78, 5) is 12.7. The number of alkyl halides is 1. The monoisotopic (exact) mass is 620 g/mol. The number of nitrogens with one attached hydrogen (secondary N) is 1. The molecule has 7 nitrogen and oxygen atoms in total. The zero-order chi connectivity index (χ0) is 26.7. The molecule has 0 radical (unpaired) electrons. The second-order valence-electron chi connectivity index (χ2n) is 8.64. The van der Waals surface area contributed by atoms with Gasteiger partial charge in [-0.1, -0.05) is 58.7 Å². The van der Waals surface area contributed by atoms with Crippen LogP contribution < -0.4 is 5.32 Å². The van der Waals surface area contributed by atoms with Crippen molar-refractivity contribution in [2.75, 3.05) is 19.3 Å². The summed E-state index contributed by atoms with van der Waals surface area (Å²) in [7, 11) is -7.42. The smallest absolute Gasteiger partial charge is 0.258 e. The van der Waals surface area contributed by atoms with Gasteiger partial charge in [-0.25, -0.2) is 21.2 Å². The summed E-state index contributed by atoms with van der Waals surface area (Å²) in [5.41, 5.74) is -1.32. The molecule has 3 rings (SSSR count). The van der Waals surface area contributed by atoms with E-state index in [-0.39, 0.29) is 30.8 Å². The number of hydrogen-bond acceptors (Lipinski definition) is 5. The van der Waals surface area contributed by atoms with Crippen LogP contribution in [0.25, 0.3) is 11.1 Å². The summed E-state index contributed by atoms with van der Waals surface area (Å²) >= 11 is 9.71. The van der Waals surface area contributed by atoms with Crippen molar-refractivity contribution in [1.82, 2.24) is 9.62 Å². The van der Waals surface area contributed by atoms with Crippen molar-refractivity contribution < 1.29 is 26.0 Å². The standard InChI is InChI=1S/C24H27BrClFN2O5S2/c1-3-18(10-15-35(2,31)32)28-23(30)24(27)11-13-29(14-12-24)36(33,34)22-9-8-17(25)16-20(22)19-6-4-5-7-21(19)26/h4-10,15-16,18H,3,11-14H2,1-2H3,(H,28,30)/b15-10-/t18-/m0/s1. The SMILES string of the molecule is CC[C@@H](/C=C\S(C)(=O)=O)NC(=O)C1(F)CCN(S(=O)(=O)c2ccc(Br)cc2-c2ccccc2Cl)CC1. The van der Waals surface area contributed by atoms with Crippen LogP contribution in [-0.4, -0.2) is 58.1 Å². The lowest BCUT2D eigenvalue weighted by Gasteiger charge is -2.35. The van der Waals surface area contributed by atoms with Gasteiger partial charge < -0.3 is 5.32 Å². The lowest BCUT2D eigenvalue weighted by atomic mass is 9.93. The van der Waals surface area contributed by atoms with E-state index in [1.165, 1.54) is 16.4 Å². The number of benzene rings is 2. The molecule has 0 aromatic heterocycles. The van der Waals surface area contributed by atoms with Crippen molar-refractivity contribution in [2.24, 2.45) is 0 Å². The van der Waals surface area contributed by atoms with Gasteiger partial charge in [-0.3, -0.25) is 4.79 Å². The second-order valence-corrected chi connectivity index (χ2v) is 13.8. The molecule has 2 aromatic rings. The van der Waals surface area contributed by atoms with Gasteiger partial charge in [-0.05, 0) is 30.7 Å². The van der Waals surface area contributed by atoms with Crippen LogP contribution in [-0.2, 0) is 24.7 Å². The highest BCUT2D eigenvalue weighted by molar-refractivity contribution is 9.10. The Hall–Kier alpha value is -1.79. The van der Waals surface area contributed by atoms with Crippen molar-refractivity contribution >= 4 is 53.3 Å². The number of hydrogen-bond donors (Lipinski definition) is 1. The Kier molecular flexibility index (Phi) is 9.04. The van der Waals surface area contributed by atoms with Crippen molar-refractivity contribution in [1.29, 1.82) is 0 Å². The third-order valence-corrected chi connectivity index (χ3v) is 9.39. The summed E-state index contributed by atoms with van der Waals surface area (Å²) < 4.78 is 67.2. The second kappa shape index (κ2) is 11.3. The van der Waals surface area contributed by atoms with Gasteiger partial charge in [0.05, 0.1) is 4.90 Å². The van der Waals surface area contributed by atoms with E-state index in [0.29, 0.717) is 27.0 Å². The Bertz CT molecular complexity index is 1370. The predicted molar refractivity (Wildman–Crippen MR) is 143 cm³/mol. The number of carbonyl (C=O) groups is 1. The quantitative estimate of drug-likeness (QED) is 0.460. The molecule has 12 heteroatoms. The minimum atomic E-state index is -4.03. The van der Waals surface area contributed by atoms with E-state index in [1.807, 2.05) is 0 Å². The number of nitrogens with zero attached hydrogens (tertiary/aromatic N) is 1. The first-order chi connectivity index (χ1) is 16.8. The maximum Gasteiger partial charge on any atom is 0.258 e. The maximum atomic E-state index is 15.6. The minimum absolute atomic E-state index is 0.0339. The summed E-state index contributed by atoms with van der Waals surface area (Å²) in [6.07, 6.45) is 2.03. The molecule has 1 aliphatic rings. The van der Waals surface area contributed by atoms with Gasteiger partial charge in [0, 0.05) is 64.3 Å². The van der Waals surface area contributed by atoms with Crippen LogP contribution in [0.1, 0.15) is 26.2 Å². The molecule has 196 valence electrons. The third-order valence-electron chi connectivity index (χ3n) is 5.96. The predicted octanol–water partition coefficient (Wildman–Crippen LogP) is 4.72. The molecule has 1 aliphatic heterocycles. The zero-order valence-corrected chi connectivity index (χ0v) is 23.7. The third kappa shape index (κ3) is 6.74. The van der Waals surface area contributed by atoms with Crippen LogP contribution in [0.5, 0.6) is 0 Å². The first-order valence-electron chi connectivity index (χ1n) is 11.2. The van der Waals surface area contributed by atoms with Crippen LogP contribution in [0.2, 0.25) is 5.02 Å². The summed E-state index contributed by atoms with van der Waals surface area (Å²) in [5.74, 6) is -0.884. The summed E-state index contributed by atoms with van der Waals surface area (Å²) in [6, 6.07) is 11.0. The van der Waals surface area contributed by atoms with Crippen molar-refractivity contribution in [3.8, 4) is 11.1 Å². The molecule has 1 atom stereocenters. The van der Waals surface area contributed by atoms with E-state index in [1.54, 1.807) is 43.3 Å². The van der Waals surface area contributed by atoms with E-state index in [4.69, 9.17) is 11.6 Å². The van der Waals surface area contributed by atoms with E-state index in [2.05, 4.69) is 21.2 Å². The highest BCUT2D eigenvalue weighted by Gasteiger charge is 2.45. The van der Waals surface area contributed by atoms with E-state index >= 15 is 4.39 Å². The number of sulfone groups is 1. The molecule has 1 heterocycles. The van der Waals surface area contributed by atoms with Gasteiger partial charge in [0.2, 0.25) is 10.0 Å². The van der Waals surface area contributed by atoms with E-state index in [0.717, 1.165) is 11.7 Å². The van der Waals surface area contributed by atoms with Gasteiger partial charge in [0.25, 0.3) is 5.91 Å². The van der Waals surface area contributed by atoms with Gasteiger partial charge >= 0.3 is 0 Å². The molecule has 2 aromatic carbocycles. The Labute approximate surface area is 224 Å². The van der Waals surface area contributed by atoms with Crippen LogP contribution >= 0.6 is 27.5 Å². The fourth-order valence-corrected chi connectivity index (χ4v) is 6.59. The fraction of sp³-hybridized carbons (Fsp3) is 0.375. The van der Waals surface area contributed by atoms with Crippen LogP contribution in [0.3, 0.4) is 0 Å². The molecule has 1 fully saturated rings. The van der Waals surface area contributed by atoms with E-state index in [9.17, 15) is 21.6 Å². The number of carbonyl (C=O) groups excluding carboxylic acids is 1. The zero-order valence-electron chi connectivity index (χ0n) is 19.7. The molecule has 1 N–H and O–H groups in total. The Balaban J connectivity index is 1.80. The number of halogens is 3. The molecule has 0 unspecified atom stereocenters. The Morgan fingerprint density at radius 1 is 1.17 bits per heavy atom. The minimum Gasteiger partial charge on any atom is -0.347 e. The largest absolute Gasteiger partial charge is 0.347 e. The summed E-state index contributed by atoms with van der Waals surface area (Å²) in [5, 5.41) is 3.88. The van der Waals surface area contributed by atoms with Gasteiger partial charge in [0.15, 0.2) is 15.5 Å². The van der Waals surface area contributed by atoms with Gasteiger partial charge in [-0.2, -0.15) is 4.31 Å². The summed E-state index contributed by atoms with van der Waals surface area (Å²) in [6.45, 7) is 1.34. The number of rotatable bonds is 8. The maximum absolute atomic E-state index is 15.6. The number of piperidine rings is 1. The molecular formula is C24H27BrClFN2O5S2.